The maximum atomic E-state index is 8.88. The first kappa shape index (κ1) is 10.1. The van der Waals surface area contributed by atoms with Crippen LogP contribution in [0.5, 0.6) is 0 Å². The van der Waals surface area contributed by atoms with Crippen LogP contribution in [0.1, 0.15) is 25.1 Å². The number of aliphatic hydroxyl groups excluding tert-OH is 1. The molecule has 0 aliphatic heterocycles. The lowest BCUT2D eigenvalue weighted by Gasteiger charge is -2.11. The van der Waals surface area contributed by atoms with Gasteiger partial charge in [0.1, 0.15) is 0 Å². The molecule has 1 unspecified atom stereocenters. The van der Waals surface area contributed by atoms with Gasteiger partial charge in [-0.1, -0.05) is 6.92 Å². The summed E-state index contributed by atoms with van der Waals surface area (Å²) in [7, 11) is 0. The highest BCUT2D eigenvalue weighted by atomic mass is 16.4. The lowest BCUT2D eigenvalue weighted by atomic mass is 10.2. The Labute approximate surface area is 77.2 Å². The number of aliphatic hydroxyl groups is 1. The van der Waals surface area contributed by atoms with Crippen molar-refractivity contribution in [1.82, 2.24) is 15.5 Å². The summed E-state index contributed by atoms with van der Waals surface area (Å²) in [5.74, 6) is 1.12. The fourth-order valence-electron chi connectivity index (χ4n) is 0.979. The second-order valence-electron chi connectivity index (χ2n) is 2.88. The van der Waals surface area contributed by atoms with Crippen molar-refractivity contribution in [2.24, 2.45) is 0 Å². The molecule has 2 N–H and O–H groups in total. The van der Waals surface area contributed by atoms with Gasteiger partial charge < -0.3 is 14.8 Å². The Bertz CT molecular complexity index is 245. The smallest absolute Gasteiger partial charge is 0.230 e. The van der Waals surface area contributed by atoms with Crippen molar-refractivity contribution in [1.29, 1.82) is 0 Å². The molecule has 0 amide bonds. The number of nitrogens with zero attached hydrogens (tertiary/aromatic N) is 2. The van der Waals surface area contributed by atoms with Crippen molar-refractivity contribution < 1.29 is 9.52 Å². The highest BCUT2D eigenvalue weighted by Gasteiger charge is 2.06. The maximum Gasteiger partial charge on any atom is 0.230 e. The van der Waals surface area contributed by atoms with Gasteiger partial charge in [-0.05, 0) is 6.42 Å². The Morgan fingerprint density at radius 2 is 2.31 bits per heavy atom. The van der Waals surface area contributed by atoms with E-state index in [2.05, 4.69) is 15.5 Å². The predicted molar refractivity (Wildman–Crippen MR) is 47.0 cm³/mol. The average molecular weight is 185 g/mol. The van der Waals surface area contributed by atoms with E-state index in [0.29, 0.717) is 18.3 Å². The zero-order chi connectivity index (χ0) is 9.68. The van der Waals surface area contributed by atoms with Crippen LogP contribution in [0, 0.1) is 6.92 Å². The van der Waals surface area contributed by atoms with Crippen molar-refractivity contribution in [2.45, 2.75) is 32.9 Å². The predicted octanol–water partition coefficient (Wildman–Crippen LogP) is 0.239. The number of nitrogens with one attached hydrogen (secondary N) is 1. The zero-order valence-electron chi connectivity index (χ0n) is 7.95. The first-order valence-corrected chi connectivity index (χ1v) is 4.39. The van der Waals surface area contributed by atoms with E-state index in [-0.39, 0.29) is 12.6 Å². The number of hydrogen-bond acceptors (Lipinski definition) is 5. The normalized spacial score (nSPS) is 13.2. The van der Waals surface area contributed by atoms with Gasteiger partial charge in [0, 0.05) is 13.0 Å². The molecule has 1 atom stereocenters. The van der Waals surface area contributed by atoms with Crippen LogP contribution in [0.2, 0.25) is 0 Å². The molecule has 0 saturated heterocycles. The van der Waals surface area contributed by atoms with Crippen molar-refractivity contribution >= 4 is 0 Å². The Morgan fingerprint density at radius 3 is 2.77 bits per heavy atom. The molecule has 0 aromatic carbocycles. The Hall–Kier alpha value is -0.940. The summed E-state index contributed by atoms with van der Waals surface area (Å²) in [6.07, 6.45) is 0.879. The highest BCUT2D eigenvalue weighted by Crippen LogP contribution is 1.98. The zero-order valence-corrected chi connectivity index (χ0v) is 7.95. The third kappa shape index (κ3) is 3.12. The third-order valence-corrected chi connectivity index (χ3v) is 1.82. The molecule has 0 radical (unpaired) electrons. The molecular formula is C8H15N3O2. The van der Waals surface area contributed by atoms with E-state index >= 15 is 0 Å². The van der Waals surface area contributed by atoms with E-state index < -0.39 is 0 Å². The molecular weight excluding hydrogens is 170 g/mol. The lowest BCUT2D eigenvalue weighted by Crippen LogP contribution is -2.31. The molecule has 0 saturated carbocycles. The van der Waals surface area contributed by atoms with Gasteiger partial charge >= 0.3 is 0 Å². The Morgan fingerprint density at radius 1 is 1.54 bits per heavy atom. The molecule has 5 heteroatoms. The minimum atomic E-state index is 0.104. The van der Waals surface area contributed by atoms with Crippen LogP contribution < -0.4 is 5.32 Å². The molecule has 1 aromatic rings. The molecule has 5 nitrogen and oxygen atoms in total. The second-order valence-corrected chi connectivity index (χ2v) is 2.88. The van der Waals surface area contributed by atoms with Gasteiger partial charge in [-0.15, -0.1) is 10.2 Å². The summed E-state index contributed by atoms with van der Waals surface area (Å²) in [5.41, 5.74) is 0. The van der Waals surface area contributed by atoms with Crippen molar-refractivity contribution in [3.05, 3.63) is 11.8 Å². The fraction of sp³-hybridized carbons (Fsp3) is 0.750. The molecule has 0 spiro atoms. The van der Waals surface area contributed by atoms with E-state index in [0.717, 1.165) is 6.42 Å². The quantitative estimate of drug-likeness (QED) is 0.687. The van der Waals surface area contributed by atoms with Gasteiger partial charge in [-0.2, -0.15) is 0 Å². The van der Waals surface area contributed by atoms with Crippen LogP contribution in [-0.4, -0.2) is 28.0 Å². The standard InChI is InChI=1S/C8H15N3O2/c1-3-7(5-12)9-4-8-11-10-6(2)13-8/h7,9,12H,3-5H2,1-2H3. The third-order valence-electron chi connectivity index (χ3n) is 1.82. The number of rotatable bonds is 5. The maximum absolute atomic E-state index is 8.88. The molecule has 0 aliphatic rings. The van der Waals surface area contributed by atoms with Crippen molar-refractivity contribution in [3.63, 3.8) is 0 Å². The van der Waals surface area contributed by atoms with E-state index in [4.69, 9.17) is 9.52 Å². The molecule has 0 bridgehead atoms. The Balaban J connectivity index is 2.33. The number of aromatic nitrogens is 2. The van der Waals surface area contributed by atoms with Gasteiger partial charge in [-0.25, -0.2) is 0 Å². The summed E-state index contributed by atoms with van der Waals surface area (Å²) in [4.78, 5) is 0. The minimum Gasteiger partial charge on any atom is -0.424 e. The summed E-state index contributed by atoms with van der Waals surface area (Å²) in [6.45, 7) is 4.40. The minimum absolute atomic E-state index is 0.104. The van der Waals surface area contributed by atoms with Crippen LogP contribution in [0.4, 0.5) is 0 Å². The number of aryl methyl sites for hydroxylation is 1. The monoisotopic (exact) mass is 185 g/mol. The summed E-state index contributed by atoms with van der Waals surface area (Å²) < 4.78 is 5.16. The summed E-state index contributed by atoms with van der Waals surface area (Å²) in [5, 5.41) is 19.5. The van der Waals surface area contributed by atoms with Crippen LogP contribution in [-0.2, 0) is 6.54 Å². The summed E-state index contributed by atoms with van der Waals surface area (Å²) in [6, 6.07) is 0.104. The van der Waals surface area contributed by atoms with Crippen molar-refractivity contribution in [2.75, 3.05) is 6.61 Å². The van der Waals surface area contributed by atoms with Gasteiger partial charge in [0.2, 0.25) is 11.8 Å². The Kier molecular flexibility index (Phi) is 3.85. The van der Waals surface area contributed by atoms with E-state index in [1.807, 2.05) is 6.92 Å². The van der Waals surface area contributed by atoms with Gasteiger partial charge in [0.05, 0.1) is 13.2 Å². The van der Waals surface area contributed by atoms with Crippen LogP contribution in [0.15, 0.2) is 4.42 Å². The molecule has 1 rings (SSSR count). The molecule has 1 heterocycles. The molecule has 0 aliphatic carbocycles. The topological polar surface area (TPSA) is 71.2 Å². The van der Waals surface area contributed by atoms with Gasteiger partial charge in [0.25, 0.3) is 0 Å². The van der Waals surface area contributed by atoms with E-state index in [1.165, 1.54) is 0 Å². The molecule has 74 valence electrons. The van der Waals surface area contributed by atoms with Gasteiger partial charge in [-0.3, -0.25) is 0 Å². The fourth-order valence-corrected chi connectivity index (χ4v) is 0.979. The van der Waals surface area contributed by atoms with Crippen LogP contribution in [0.3, 0.4) is 0 Å². The van der Waals surface area contributed by atoms with Crippen LogP contribution in [0.25, 0.3) is 0 Å². The van der Waals surface area contributed by atoms with Gasteiger partial charge in [0.15, 0.2) is 0 Å². The molecule has 0 fully saturated rings. The largest absolute Gasteiger partial charge is 0.424 e. The average Bonchev–Trinajstić information content (AvgIpc) is 2.53. The molecule has 1 aromatic heterocycles. The molecule has 13 heavy (non-hydrogen) atoms. The van der Waals surface area contributed by atoms with Crippen LogP contribution >= 0.6 is 0 Å². The SMILES string of the molecule is CCC(CO)NCc1nnc(C)o1. The van der Waals surface area contributed by atoms with E-state index in [1.54, 1.807) is 6.92 Å². The number of hydrogen-bond donors (Lipinski definition) is 2. The summed E-state index contributed by atoms with van der Waals surface area (Å²) >= 11 is 0. The lowest BCUT2D eigenvalue weighted by molar-refractivity contribution is 0.234. The first-order chi connectivity index (χ1) is 6.26. The van der Waals surface area contributed by atoms with Crippen molar-refractivity contribution in [3.8, 4) is 0 Å². The van der Waals surface area contributed by atoms with E-state index in [9.17, 15) is 0 Å². The highest BCUT2D eigenvalue weighted by molar-refractivity contribution is 4.79. The first-order valence-electron chi connectivity index (χ1n) is 4.39. The second kappa shape index (κ2) is 4.94.